The number of carbonyl (C=O) groups is 2. The fourth-order valence-electron chi connectivity index (χ4n) is 4.24. The van der Waals surface area contributed by atoms with Crippen molar-refractivity contribution in [2.45, 2.75) is 52.2 Å². The van der Waals surface area contributed by atoms with Crippen molar-refractivity contribution in [1.82, 2.24) is 10.2 Å². The van der Waals surface area contributed by atoms with E-state index < -0.39 is 6.04 Å². The predicted octanol–water partition coefficient (Wildman–Crippen LogP) is 4.22. The summed E-state index contributed by atoms with van der Waals surface area (Å²) in [5.41, 5.74) is 2.38. The van der Waals surface area contributed by atoms with Crippen LogP contribution in [0.15, 0.2) is 60.7 Å². The minimum Gasteiger partial charge on any atom is -0.367 e. The summed E-state index contributed by atoms with van der Waals surface area (Å²) >= 11 is 0. The smallest absolute Gasteiger partial charge is 0.246 e. The molecule has 0 saturated carbocycles. The Kier molecular flexibility index (Phi) is 9.29. The number of benzene rings is 2. The Labute approximate surface area is 192 Å². The molecule has 2 amide bonds. The number of piperidine rings is 1. The second-order valence-corrected chi connectivity index (χ2v) is 8.87. The monoisotopic (exact) mass is 436 g/mol. The number of likely N-dealkylation sites (tertiary alicyclic amines) is 1. The van der Waals surface area contributed by atoms with E-state index in [4.69, 9.17) is 4.74 Å². The molecule has 1 aliphatic rings. The van der Waals surface area contributed by atoms with Crippen molar-refractivity contribution in [3.8, 4) is 0 Å². The van der Waals surface area contributed by atoms with E-state index in [2.05, 4.69) is 36.5 Å². The lowest BCUT2D eigenvalue weighted by atomic mass is 9.89. The third-order valence-electron chi connectivity index (χ3n) is 6.43. The molecule has 0 radical (unpaired) electrons. The van der Waals surface area contributed by atoms with Crippen LogP contribution in [-0.4, -0.2) is 42.5 Å². The summed E-state index contributed by atoms with van der Waals surface area (Å²) in [7, 11) is 0. The number of amides is 2. The van der Waals surface area contributed by atoms with Gasteiger partial charge in [-0.15, -0.1) is 0 Å². The summed E-state index contributed by atoms with van der Waals surface area (Å²) in [5.74, 6) is 0.472. The molecule has 5 heteroatoms. The van der Waals surface area contributed by atoms with Crippen molar-refractivity contribution >= 4 is 11.8 Å². The maximum absolute atomic E-state index is 13.3. The standard InChI is InChI=1S/C27H36N2O3/c1-3-21(2)26(28-25(30)20-32-19-24-12-8-5-9-13-24)27(31)29-16-14-23(15-17-29)18-22-10-6-4-7-11-22/h4-13,21,23,26H,3,14-20H2,1-2H3,(H,28,30). The Morgan fingerprint density at radius 1 is 1.00 bits per heavy atom. The molecule has 1 N–H and O–H groups in total. The number of hydrogen-bond donors (Lipinski definition) is 1. The molecule has 0 spiro atoms. The second kappa shape index (κ2) is 12.4. The van der Waals surface area contributed by atoms with E-state index in [9.17, 15) is 9.59 Å². The first-order chi connectivity index (χ1) is 15.6. The number of rotatable bonds is 10. The normalized spacial score (nSPS) is 16.4. The van der Waals surface area contributed by atoms with Gasteiger partial charge in [0, 0.05) is 13.1 Å². The highest BCUT2D eigenvalue weighted by molar-refractivity contribution is 5.88. The van der Waals surface area contributed by atoms with Crippen LogP contribution in [0.25, 0.3) is 0 Å². The Balaban J connectivity index is 1.48. The second-order valence-electron chi connectivity index (χ2n) is 8.87. The van der Waals surface area contributed by atoms with Gasteiger partial charge in [-0.2, -0.15) is 0 Å². The highest BCUT2D eigenvalue weighted by Gasteiger charge is 2.32. The molecule has 2 aromatic rings. The zero-order valence-corrected chi connectivity index (χ0v) is 19.3. The topological polar surface area (TPSA) is 58.6 Å². The highest BCUT2D eigenvalue weighted by Crippen LogP contribution is 2.23. The number of nitrogens with zero attached hydrogens (tertiary/aromatic N) is 1. The van der Waals surface area contributed by atoms with Crippen LogP contribution in [0.5, 0.6) is 0 Å². The van der Waals surface area contributed by atoms with E-state index in [0.29, 0.717) is 12.5 Å². The SMILES string of the molecule is CCC(C)C(NC(=O)COCc1ccccc1)C(=O)N1CCC(Cc2ccccc2)CC1. The third-order valence-corrected chi connectivity index (χ3v) is 6.43. The van der Waals surface area contributed by atoms with Crippen molar-refractivity contribution in [2.24, 2.45) is 11.8 Å². The van der Waals surface area contributed by atoms with Gasteiger partial charge in [0.05, 0.1) is 6.61 Å². The van der Waals surface area contributed by atoms with Crippen LogP contribution >= 0.6 is 0 Å². The van der Waals surface area contributed by atoms with Crippen LogP contribution < -0.4 is 5.32 Å². The minimum absolute atomic E-state index is 0.0360. The molecule has 1 saturated heterocycles. The van der Waals surface area contributed by atoms with Gasteiger partial charge in [0.1, 0.15) is 12.6 Å². The summed E-state index contributed by atoms with van der Waals surface area (Å²) in [4.78, 5) is 27.7. The van der Waals surface area contributed by atoms with Crippen LogP contribution in [0.4, 0.5) is 0 Å². The fraction of sp³-hybridized carbons (Fsp3) is 0.481. The molecule has 1 fully saturated rings. The van der Waals surface area contributed by atoms with E-state index >= 15 is 0 Å². The zero-order chi connectivity index (χ0) is 22.8. The van der Waals surface area contributed by atoms with Crippen LogP contribution in [0.3, 0.4) is 0 Å². The maximum atomic E-state index is 13.3. The molecular formula is C27H36N2O3. The lowest BCUT2D eigenvalue weighted by Crippen LogP contribution is -2.54. The summed E-state index contributed by atoms with van der Waals surface area (Å²) < 4.78 is 5.55. The molecule has 0 bridgehead atoms. The van der Waals surface area contributed by atoms with E-state index in [1.165, 1.54) is 5.56 Å². The lowest BCUT2D eigenvalue weighted by Gasteiger charge is -2.36. The average Bonchev–Trinajstić information content (AvgIpc) is 2.83. The van der Waals surface area contributed by atoms with E-state index in [1.807, 2.05) is 48.2 Å². The summed E-state index contributed by atoms with van der Waals surface area (Å²) in [6, 6.07) is 19.8. The first kappa shape index (κ1) is 24.0. The van der Waals surface area contributed by atoms with Gasteiger partial charge in [-0.1, -0.05) is 80.9 Å². The van der Waals surface area contributed by atoms with E-state index in [1.54, 1.807) is 0 Å². The molecule has 5 nitrogen and oxygen atoms in total. The Morgan fingerprint density at radius 2 is 1.59 bits per heavy atom. The summed E-state index contributed by atoms with van der Waals surface area (Å²) in [6.07, 6.45) is 3.89. The van der Waals surface area contributed by atoms with Crippen LogP contribution in [0, 0.1) is 11.8 Å². The van der Waals surface area contributed by atoms with Gasteiger partial charge in [-0.05, 0) is 42.2 Å². The summed E-state index contributed by atoms with van der Waals surface area (Å²) in [6.45, 7) is 5.91. The van der Waals surface area contributed by atoms with Crippen molar-refractivity contribution in [3.63, 3.8) is 0 Å². The molecule has 3 rings (SSSR count). The quantitative estimate of drug-likeness (QED) is 0.607. The van der Waals surface area contributed by atoms with E-state index in [0.717, 1.165) is 44.3 Å². The van der Waals surface area contributed by atoms with Crippen molar-refractivity contribution in [3.05, 3.63) is 71.8 Å². The number of nitrogens with one attached hydrogen (secondary N) is 1. The number of hydrogen-bond acceptors (Lipinski definition) is 3. The maximum Gasteiger partial charge on any atom is 0.246 e. The Hall–Kier alpha value is -2.66. The van der Waals surface area contributed by atoms with Gasteiger partial charge in [-0.25, -0.2) is 0 Å². The van der Waals surface area contributed by atoms with Crippen molar-refractivity contribution < 1.29 is 14.3 Å². The van der Waals surface area contributed by atoms with Crippen molar-refractivity contribution in [2.75, 3.05) is 19.7 Å². The van der Waals surface area contributed by atoms with Gasteiger partial charge in [0.25, 0.3) is 0 Å². The Bertz CT molecular complexity index is 832. The van der Waals surface area contributed by atoms with Gasteiger partial charge in [0.15, 0.2) is 0 Å². The summed E-state index contributed by atoms with van der Waals surface area (Å²) in [5, 5.41) is 2.95. The molecule has 1 aliphatic heterocycles. The highest BCUT2D eigenvalue weighted by atomic mass is 16.5. The fourth-order valence-corrected chi connectivity index (χ4v) is 4.24. The average molecular weight is 437 g/mol. The zero-order valence-electron chi connectivity index (χ0n) is 19.3. The van der Waals surface area contributed by atoms with Gasteiger partial charge in [-0.3, -0.25) is 9.59 Å². The molecular weight excluding hydrogens is 400 g/mol. The molecule has 0 aliphatic carbocycles. The van der Waals surface area contributed by atoms with Crippen molar-refractivity contribution in [1.29, 1.82) is 0 Å². The molecule has 1 heterocycles. The van der Waals surface area contributed by atoms with Crippen LogP contribution in [0.2, 0.25) is 0 Å². The molecule has 2 aromatic carbocycles. The first-order valence-electron chi connectivity index (χ1n) is 11.8. The van der Waals surface area contributed by atoms with E-state index in [-0.39, 0.29) is 24.3 Å². The molecule has 0 aromatic heterocycles. The lowest BCUT2D eigenvalue weighted by molar-refractivity contribution is -0.140. The molecule has 2 unspecified atom stereocenters. The number of carbonyl (C=O) groups excluding carboxylic acids is 2. The third kappa shape index (κ3) is 7.20. The minimum atomic E-state index is -0.501. The van der Waals surface area contributed by atoms with Gasteiger partial charge >= 0.3 is 0 Å². The molecule has 32 heavy (non-hydrogen) atoms. The predicted molar refractivity (Wildman–Crippen MR) is 127 cm³/mol. The number of ether oxygens (including phenoxy) is 1. The van der Waals surface area contributed by atoms with Crippen LogP contribution in [-0.2, 0) is 27.4 Å². The van der Waals surface area contributed by atoms with Crippen LogP contribution in [0.1, 0.15) is 44.2 Å². The molecule has 172 valence electrons. The Morgan fingerprint density at radius 3 is 2.19 bits per heavy atom. The molecule has 2 atom stereocenters. The first-order valence-corrected chi connectivity index (χ1v) is 11.8. The van der Waals surface area contributed by atoms with Gasteiger partial charge in [0.2, 0.25) is 11.8 Å². The van der Waals surface area contributed by atoms with Gasteiger partial charge < -0.3 is 15.0 Å². The largest absolute Gasteiger partial charge is 0.367 e.